The zero-order valence-corrected chi connectivity index (χ0v) is 13.5. The topological polar surface area (TPSA) is 55.6 Å². The van der Waals surface area contributed by atoms with Crippen molar-refractivity contribution in [1.29, 1.82) is 0 Å². The van der Waals surface area contributed by atoms with Crippen molar-refractivity contribution in [1.82, 2.24) is 25.1 Å². The second kappa shape index (κ2) is 7.15. The molecular formula is C18H21N5. The number of aryl methyl sites for hydroxylation is 1. The summed E-state index contributed by atoms with van der Waals surface area (Å²) in [6, 6.07) is 12.3. The van der Waals surface area contributed by atoms with Gasteiger partial charge in [-0.2, -0.15) is 5.10 Å². The van der Waals surface area contributed by atoms with Gasteiger partial charge >= 0.3 is 0 Å². The minimum Gasteiger partial charge on any atom is -0.307 e. The Bertz CT molecular complexity index is 751. The number of hydrogen-bond acceptors (Lipinski definition) is 4. The highest BCUT2D eigenvalue weighted by Gasteiger charge is 2.06. The smallest absolute Gasteiger partial charge is 0.159 e. The van der Waals surface area contributed by atoms with Crippen molar-refractivity contribution < 1.29 is 0 Å². The Hall–Kier alpha value is -2.53. The Balaban J connectivity index is 1.60. The van der Waals surface area contributed by atoms with Crippen molar-refractivity contribution in [2.75, 3.05) is 0 Å². The summed E-state index contributed by atoms with van der Waals surface area (Å²) in [6.07, 6.45) is 5.74. The molecule has 0 aliphatic rings. The molecule has 5 nitrogen and oxygen atoms in total. The Morgan fingerprint density at radius 1 is 1.17 bits per heavy atom. The number of nitrogens with zero attached hydrogens (tertiary/aromatic N) is 4. The van der Waals surface area contributed by atoms with Crippen LogP contribution < -0.4 is 5.32 Å². The van der Waals surface area contributed by atoms with Gasteiger partial charge in [-0.3, -0.25) is 4.68 Å². The first-order valence-corrected chi connectivity index (χ1v) is 7.80. The third-order valence-corrected chi connectivity index (χ3v) is 3.60. The van der Waals surface area contributed by atoms with Crippen molar-refractivity contribution >= 4 is 0 Å². The maximum Gasteiger partial charge on any atom is 0.159 e. The normalized spacial score (nSPS) is 12.3. The molecule has 1 atom stereocenters. The summed E-state index contributed by atoms with van der Waals surface area (Å²) in [5.41, 5.74) is 3.21. The van der Waals surface area contributed by atoms with Crippen LogP contribution in [0.1, 0.15) is 18.2 Å². The van der Waals surface area contributed by atoms with Gasteiger partial charge in [0.25, 0.3) is 0 Å². The second-order valence-corrected chi connectivity index (χ2v) is 5.76. The van der Waals surface area contributed by atoms with Gasteiger partial charge in [-0.05, 0) is 25.5 Å². The van der Waals surface area contributed by atoms with Gasteiger partial charge in [0, 0.05) is 30.5 Å². The van der Waals surface area contributed by atoms with Crippen LogP contribution >= 0.6 is 0 Å². The molecule has 3 rings (SSSR count). The van der Waals surface area contributed by atoms with Crippen LogP contribution in [0.15, 0.2) is 55.0 Å². The van der Waals surface area contributed by atoms with Crippen molar-refractivity contribution in [3.05, 3.63) is 66.2 Å². The van der Waals surface area contributed by atoms with E-state index in [9.17, 15) is 0 Å². The first-order valence-electron chi connectivity index (χ1n) is 7.80. The lowest BCUT2D eigenvalue weighted by Crippen LogP contribution is -2.30. The average molecular weight is 307 g/mol. The SMILES string of the molecule is Cc1cnn(C[C@H](C)NCc2ccnc(-c3ccccc3)n2)c1. The molecule has 5 heteroatoms. The molecule has 2 heterocycles. The molecule has 0 saturated carbocycles. The van der Waals surface area contributed by atoms with Crippen LogP contribution in [0.2, 0.25) is 0 Å². The molecule has 1 aromatic carbocycles. The molecule has 0 aliphatic heterocycles. The van der Waals surface area contributed by atoms with E-state index in [1.807, 2.05) is 60.4 Å². The minimum atomic E-state index is 0.310. The predicted octanol–water partition coefficient (Wildman–Crippen LogP) is 2.83. The number of benzene rings is 1. The Labute approximate surface area is 136 Å². The van der Waals surface area contributed by atoms with E-state index >= 15 is 0 Å². The quantitative estimate of drug-likeness (QED) is 0.761. The van der Waals surface area contributed by atoms with Crippen LogP contribution in [0.5, 0.6) is 0 Å². The molecule has 0 aliphatic carbocycles. The summed E-state index contributed by atoms with van der Waals surface area (Å²) in [5, 5.41) is 7.80. The van der Waals surface area contributed by atoms with E-state index < -0.39 is 0 Å². The number of hydrogen-bond donors (Lipinski definition) is 1. The average Bonchev–Trinajstić information content (AvgIpc) is 2.99. The van der Waals surface area contributed by atoms with Gasteiger partial charge in [0.1, 0.15) is 0 Å². The summed E-state index contributed by atoms with van der Waals surface area (Å²) in [5.74, 6) is 0.764. The van der Waals surface area contributed by atoms with Gasteiger partial charge < -0.3 is 5.32 Å². The van der Waals surface area contributed by atoms with E-state index in [1.54, 1.807) is 0 Å². The maximum atomic E-state index is 4.63. The van der Waals surface area contributed by atoms with Crippen molar-refractivity contribution in [2.45, 2.75) is 33.0 Å². The summed E-state index contributed by atoms with van der Waals surface area (Å²) in [6.45, 7) is 5.75. The van der Waals surface area contributed by atoms with Crippen molar-refractivity contribution in [2.24, 2.45) is 0 Å². The molecule has 0 spiro atoms. The largest absolute Gasteiger partial charge is 0.307 e. The highest BCUT2D eigenvalue weighted by Crippen LogP contribution is 2.13. The molecule has 0 bridgehead atoms. The fourth-order valence-electron chi connectivity index (χ4n) is 2.41. The van der Waals surface area contributed by atoms with E-state index in [0.717, 1.165) is 23.6 Å². The number of aromatic nitrogens is 4. The highest BCUT2D eigenvalue weighted by atomic mass is 15.3. The minimum absolute atomic E-state index is 0.310. The molecule has 23 heavy (non-hydrogen) atoms. The molecule has 0 unspecified atom stereocenters. The number of nitrogens with one attached hydrogen (secondary N) is 1. The molecule has 0 radical (unpaired) electrons. The van der Waals surface area contributed by atoms with Gasteiger partial charge in [0.15, 0.2) is 5.82 Å². The highest BCUT2D eigenvalue weighted by molar-refractivity contribution is 5.54. The lowest BCUT2D eigenvalue weighted by Gasteiger charge is -2.13. The Kier molecular flexibility index (Phi) is 4.78. The van der Waals surface area contributed by atoms with E-state index in [-0.39, 0.29) is 0 Å². The molecule has 1 N–H and O–H groups in total. The Morgan fingerprint density at radius 3 is 2.74 bits per heavy atom. The van der Waals surface area contributed by atoms with Crippen LogP contribution in [0.3, 0.4) is 0 Å². The monoisotopic (exact) mass is 307 g/mol. The number of rotatable bonds is 6. The van der Waals surface area contributed by atoms with Crippen LogP contribution in [-0.2, 0) is 13.1 Å². The van der Waals surface area contributed by atoms with Crippen molar-refractivity contribution in [3.8, 4) is 11.4 Å². The maximum absolute atomic E-state index is 4.63. The van der Waals surface area contributed by atoms with Gasteiger partial charge in [0.2, 0.25) is 0 Å². The lowest BCUT2D eigenvalue weighted by atomic mass is 10.2. The van der Waals surface area contributed by atoms with Crippen molar-refractivity contribution in [3.63, 3.8) is 0 Å². The summed E-state index contributed by atoms with van der Waals surface area (Å²) < 4.78 is 1.96. The van der Waals surface area contributed by atoms with Gasteiger partial charge in [-0.15, -0.1) is 0 Å². The van der Waals surface area contributed by atoms with Gasteiger partial charge in [-0.25, -0.2) is 9.97 Å². The molecule has 2 aromatic heterocycles. The zero-order chi connectivity index (χ0) is 16.1. The van der Waals surface area contributed by atoms with Crippen LogP contribution in [0.25, 0.3) is 11.4 Å². The summed E-state index contributed by atoms with van der Waals surface area (Å²) in [7, 11) is 0. The predicted molar refractivity (Wildman–Crippen MR) is 90.7 cm³/mol. The molecule has 0 fully saturated rings. The lowest BCUT2D eigenvalue weighted by molar-refractivity contribution is 0.448. The second-order valence-electron chi connectivity index (χ2n) is 5.76. The molecule has 0 saturated heterocycles. The third-order valence-electron chi connectivity index (χ3n) is 3.60. The van der Waals surface area contributed by atoms with Gasteiger partial charge in [0.05, 0.1) is 18.4 Å². The van der Waals surface area contributed by atoms with Crippen LogP contribution in [0.4, 0.5) is 0 Å². The van der Waals surface area contributed by atoms with Crippen LogP contribution in [-0.4, -0.2) is 25.8 Å². The van der Waals surface area contributed by atoms with E-state index in [4.69, 9.17) is 0 Å². The molecular weight excluding hydrogens is 286 g/mol. The molecule has 118 valence electrons. The fourth-order valence-corrected chi connectivity index (χ4v) is 2.41. The summed E-state index contributed by atoms with van der Waals surface area (Å²) >= 11 is 0. The van der Waals surface area contributed by atoms with E-state index in [2.05, 4.69) is 33.5 Å². The first-order chi connectivity index (χ1) is 11.2. The van der Waals surface area contributed by atoms with E-state index in [0.29, 0.717) is 12.6 Å². The molecule has 0 amide bonds. The summed E-state index contributed by atoms with van der Waals surface area (Å²) in [4.78, 5) is 8.98. The fraction of sp³-hybridized carbons (Fsp3) is 0.278. The van der Waals surface area contributed by atoms with Crippen LogP contribution in [0, 0.1) is 6.92 Å². The van der Waals surface area contributed by atoms with E-state index in [1.165, 1.54) is 5.56 Å². The molecule has 3 aromatic rings. The first kappa shape index (κ1) is 15.4. The third kappa shape index (κ3) is 4.23. The Morgan fingerprint density at radius 2 is 2.00 bits per heavy atom. The van der Waals surface area contributed by atoms with Gasteiger partial charge in [-0.1, -0.05) is 30.3 Å². The zero-order valence-electron chi connectivity index (χ0n) is 13.5. The standard InChI is InChI=1S/C18H21N5/c1-14-10-21-23(12-14)13-15(2)20-11-17-8-9-19-18(22-17)16-6-4-3-5-7-16/h3-10,12,15,20H,11,13H2,1-2H3/t15-/m0/s1.